The topological polar surface area (TPSA) is 51.5 Å². The van der Waals surface area contributed by atoms with Gasteiger partial charge in [0, 0.05) is 24.1 Å². The molecule has 0 saturated carbocycles. The van der Waals surface area contributed by atoms with E-state index in [2.05, 4.69) is 6.07 Å². The molecule has 0 aliphatic heterocycles. The Balaban J connectivity index is 2.00. The number of ether oxygens (including phenoxy) is 3. The molecule has 0 aliphatic rings. The van der Waals surface area contributed by atoms with Crippen molar-refractivity contribution in [2.75, 3.05) is 13.7 Å². The average Bonchev–Trinajstić information content (AvgIpc) is 2.58. The first-order chi connectivity index (χ1) is 11.7. The largest absolute Gasteiger partial charge is 0.493 e. The molecule has 0 radical (unpaired) electrons. The van der Waals surface area contributed by atoms with Gasteiger partial charge in [-0.25, -0.2) is 0 Å². The Labute approximate surface area is 147 Å². The summed E-state index contributed by atoms with van der Waals surface area (Å²) >= 11 is 5.98. The van der Waals surface area contributed by atoms with E-state index in [1.165, 1.54) is 0 Å². The zero-order chi connectivity index (χ0) is 17.2. The molecule has 2 rings (SSSR count). The summed E-state index contributed by atoms with van der Waals surface area (Å²) in [5.41, 5.74) is 1.92. The van der Waals surface area contributed by atoms with Crippen molar-refractivity contribution in [3.63, 3.8) is 0 Å². The fraction of sp³-hybridized carbons (Fsp3) is 0.316. The van der Waals surface area contributed by atoms with Gasteiger partial charge >= 0.3 is 0 Å². The van der Waals surface area contributed by atoms with Crippen molar-refractivity contribution in [2.24, 2.45) is 0 Å². The van der Waals surface area contributed by atoms with Crippen LogP contribution in [0.25, 0.3) is 0 Å². The van der Waals surface area contributed by atoms with Gasteiger partial charge in [0.25, 0.3) is 0 Å². The molecule has 0 saturated heterocycles. The minimum atomic E-state index is 0.432. The van der Waals surface area contributed by atoms with E-state index in [4.69, 9.17) is 31.1 Å². The summed E-state index contributed by atoms with van der Waals surface area (Å²) < 4.78 is 16.8. The van der Waals surface area contributed by atoms with Crippen LogP contribution in [0.15, 0.2) is 42.5 Å². The average molecular weight is 346 g/mol. The summed E-state index contributed by atoms with van der Waals surface area (Å²) in [6, 6.07) is 15.3. The lowest BCUT2D eigenvalue weighted by Crippen LogP contribution is -2.02. The SMILES string of the molecule is COCc1cc(OCc2cccc(Cl)c2)ccc1OCCCC#N. The third-order valence-electron chi connectivity index (χ3n) is 3.32. The highest BCUT2D eigenvalue weighted by molar-refractivity contribution is 6.30. The predicted molar refractivity (Wildman–Crippen MR) is 93.3 cm³/mol. The summed E-state index contributed by atoms with van der Waals surface area (Å²) in [5, 5.41) is 9.25. The third kappa shape index (κ3) is 5.77. The van der Waals surface area contributed by atoms with Gasteiger partial charge in [-0.1, -0.05) is 23.7 Å². The summed E-state index contributed by atoms with van der Waals surface area (Å²) in [6.07, 6.45) is 1.19. The van der Waals surface area contributed by atoms with Crippen molar-refractivity contribution in [1.29, 1.82) is 5.26 Å². The first kappa shape index (κ1) is 18.1. The number of rotatable bonds is 9. The van der Waals surface area contributed by atoms with Crippen molar-refractivity contribution in [2.45, 2.75) is 26.1 Å². The summed E-state index contributed by atoms with van der Waals surface area (Å²) in [4.78, 5) is 0. The van der Waals surface area contributed by atoms with Crippen LogP contribution in [0.2, 0.25) is 5.02 Å². The van der Waals surface area contributed by atoms with Gasteiger partial charge in [-0.05, 0) is 42.3 Å². The van der Waals surface area contributed by atoms with Crippen molar-refractivity contribution < 1.29 is 14.2 Å². The molecule has 0 bridgehead atoms. The van der Waals surface area contributed by atoms with E-state index in [0.29, 0.717) is 37.7 Å². The van der Waals surface area contributed by atoms with E-state index in [0.717, 1.165) is 22.6 Å². The summed E-state index contributed by atoms with van der Waals surface area (Å²) in [6.45, 7) is 1.38. The lowest BCUT2D eigenvalue weighted by atomic mass is 10.2. The molecule has 2 aromatic rings. The molecule has 0 spiro atoms. The van der Waals surface area contributed by atoms with E-state index in [1.807, 2.05) is 42.5 Å². The van der Waals surface area contributed by atoms with Crippen molar-refractivity contribution in [1.82, 2.24) is 0 Å². The van der Waals surface area contributed by atoms with Crippen LogP contribution in [0.3, 0.4) is 0 Å². The molecule has 24 heavy (non-hydrogen) atoms. The molecular formula is C19H20ClNO3. The molecule has 0 unspecified atom stereocenters. The zero-order valence-electron chi connectivity index (χ0n) is 13.6. The Morgan fingerprint density at radius 2 is 1.96 bits per heavy atom. The first-order valence-electron chi connectivity index (χ1n) is 7.72. The van der Waals surface area contributed by atoms with Gasteiger partial charge in [-0.3, -0.25) is 0 Å². The zero-order valence-corrected chi connectivity index (χ0v) is 14.4. The van der Waals surface area contributed by atoms with Crippen LogP contribution < -0.4 is 9.47 Å². The lowest BCUT2D eigenvalue weighted by Gasteiger charge is -2.13. The Bertz CT molecular complexity index is 697. The normalized spacial score (nSPS) is 10.2. The lowest BCUT2D eigenvalue weighted by molar-refractivity contribution is 0.179. The second-order valence-electron chi connectivity index (χ2n) is 5.23. The van der Waals surface area contributed by atoms with Crippen molar-refractivity contribution in [3.05, 3.63) is 58.6 Å². The van der Waals surface area contributed by atoms with Crippen molar-refractivity contribution >= 4 is 11.6 Å². The number of methoxy groups -OCH3 is 1. The smallest absolute Gasteiger partial charge is 0.125 e. The number of unbranched alkanes of at least 4 members (excludes halogenated alkanes) is 1. The van der Waals surface area contributed by atoms with Crippen LogP contribution in [-0.4, -0.2) is 13.7 Å². The van der Waals surface area contributed by atoms with Gasteiger partial charge in [-0.15, -0.1) is 0 Å². The van der Waals surface area contributed by atoms with Gasteiger partial charge in [0.05, 0.1) is 19.3 Å². The van der Waals surface area contributed by atoms with Crippen LogP contribution >= 0.6 is 11.6 Å². The minimum Gasteiger partial charge on any atom is -0.493 e. The number of nitrogens with zero attached hydrogens (tertiary/aromatic N) is 1. The monoisotopic (exact) mass is 345 g/mol. The Kier molecular flexibility index (Phi) is 7.41. The third-order valence-corrected chi connectivity index (χ3v) is 3.55. The summed E-state index contributed by atoms with van der Waals surface area (Å²) in [7, 11) is 1.64. The van der Waals surface area contributed by atoms with Gasteiger partial charge < -0.3 is 14.2 Å². The highest BCUT2D eigenvalue weighted by Crippen LogP contribution is 2.26. The number of benzene rings is 2. The number of nitriles is 1. The first-order valence-corrected chi connectivity index (χ1v) is 8.09. The number of halogens is 1. The van der Waals surface area contributed by atoms with Crippen LogP contribution in [0, 0.1) is 11.3 Å². The standard InChI is InChI=1S/C19H20ClNO3/c1-22-14-16-12-18(7-8-19(16)23-10-3-2-9-21)24-13-15-5-4-6-17(20)11-15/h4-8,11-12H,2-3,10,13-14H2,1H3. The second kappa shape index (κ2) is 9.82. The van der Waals surface area contributed by atoms with E-state index >= 15 is 0 Å². The van der Waals surface area contributed by atoms with E-state index in [9.17, 15) is 0 Å². The Hall–Kier alpha value is -2.22. The van der Waals surface area contributed by atoms with Crippen LogP contribution in [-0.2, 0) is 18.0 Å². The van der Waals surface area contributed by atoms with Gasteiger partial charge in [0.1, 0.15) is 18.1 Å². The molecule has 0 aromatic heterocycles. The molecule has 126 valence electrons. The highest BCUT2D eigenvalue weighted by atomic mass is 35.5. The maximum absolute atomic E-state index is 8.56. The van der Waals surface area contributed by atoms with Gasteiger partial charge in [-0.2, -0.15) is 5.26 Å². The van der Waals surface area contributed by atoms with Crippen LogP contribution in [0.5, 0.6) is 11.5 Å². The number of hydrogen-bond acceptors (Lipinski definition) is 4. The van der Waals surface area contributed by atoms with Gasteiger partial charge in [0.2, 0.25) is 0 Å². The maximum Gasteiger partial charge on any atom is 0.125 e. The Morgan fingerprint density at radius 3 is 2.71 bits per heavy atom. The minimum absolute atomic E-state index is 0.432. The van der Waals surface area contributed by atoms with Crippen LogP contribution in [0.4, 0.5) is 0 Å². The maximum atomic E-state index is 8.56. The second-order valence-corrected chi connectivity index (χ2v) is 5.67. The van der Waals surface area contributed by atoms with Crippen LogP contribution in [0.1, 0.15) is 24.0 Å². The molecule has 0 heterocycles. The molecule has 0 aliphatic carbocycles. The fourth-order valence-corrected chi connectivity index (χ4v) is 2.39. The molecule has 0 N–H and O–H groups in total. The molecule has 5 heteroatoms. The van der Waals surface area contributed by atoms with Crippen molar-refractivity contribution in [3.8, 4) is 17.6 Å². The van der Waals surface area contributed by atoms with Gasteiger partial charge in [0.15, 0.2) is 0 Å². The molecule has 0 atom stereocenters. The van der Waals surface area contributed by atoms with E-state index < -0.39 is 0 Å². The molecular weight excluding hydrogens is 326 g/mol. The predicted octanol–water partition coefficient (Wildman–Crippen LogP) is 4.75. The van der Waals surface area contributed by atoms with E-state index in [1.54, 1.807) is 7.11 Å². The van der Waals surface area contributed by atoms with E-state index in [-0.39, 0.29) is 0 Å². The molecule has 0 fully saturated rings. The summed E-state index contributed by atoms with van der Waals surface area (Å²) in [5.74, 6) is 1.50. The molecule has 4 nitrogen and oxygen atoms in total. The highest BCUT2D eigenvalue weighted by Gasteiger charge is 2.07. The fourth-order valence-electron chi connectivity index (χ4n) is 2.18. The molecule has 2 aromatic carbocycles. The molecule has 0 amide bonds. The Morgan fingerprint density at radius 1 is 1.08 bits per heavy atom. The quantitative estimate of drug-likeness (QED) is 0.615. The number of hydrogen-bond donors (Lipinski definition) is 0.